The van der Waals surface area contributed by atoms with E-state index in [-0.39, 0.29) is 16.1 Å². The van der Waals surface area contributed by atoms with Crippen molar-refractivity contribution in [1.82, 2.24) is 10.3 Å². The van der Waals surface area contributed by atoms with Crippen LogP contribution in [-0.2, 0) is 28.0 Å². The smallest absolute Gasteiger partial charge is 0.394 e. The molecule has 0 unspecified atom stereocenters. The summed E-state index contributed by atoms with van der Waals surface area (Å²) in [7, 11) is -3.43. The van der Waals surface area contributed by atoms with E-state index in [1.54, 1.807) is 12.1 Å². The van der Waals surface area contributed by atoms with Crippen LogP contribution in [0.15, 0.2) is 65.7 Å². The number of nitrogens with zero attached hydrogens (tertiary/aromatic N) is 2. The van der Waals surface area contributed by atoms with Gasteiger partial charge < -0.3 is 15.3 Å². The number of alkyl halides is 3. The number of sulfone groups is 1. The fraction of sp³-hybridized carbons (Fsp3) is 0.357. The zero-order valence-electron chi connectivity index (χ0n) is 21.2. The van der Waals surface area contributed by atoms with Gasteiger partial charge in [0.25, 0.3) is 5.91 Å². The van der Waals surface area contributed by atoms with Crippen molar-refractivity contribution in [2.24, 2.45) is 0 Å². The van der Waals surface area contributed by atoms with Gasteiger partial charge in [-0.2, -0.15) is 13.2 Å². The van der Waals surface area contributed by atoms with E-state index in [1.807, 2.05) is 11.0 Å². The molecule has 0 bridgehead atoms. The number of aliphatic hydroxyl groups is 1. The molecule has 0 saturated heterocycles. The number of pyridine rings is 1. The van der Waals surface area contributed by atoms with Gasteiger partial charge in [0.05, 0.1) is 34.6 Å². The Morgan fingerprint density at radius 1 is 1.13 bits per heavy atom. The van der Waals surface area contributed by atoms with E-state index in [0.29, 0.717) is 30.0 Å². The highest BCUT2D eigenvalue weighted by Gasteiger charge is 2.49. The number of carbonyl (C=O) groups excluding carboxylic acids is 1. The van der Waals surface area contributed by atoms with Crippen molar-refractivity contribution in [2.75, 3.05) is 23.8 Å². The van der Waals surface area contributed by atoms with Gasteiger partial charge in [-0.1, -0.05) is 13.0 Å². The summed E-state index contributed by atoms with van der Waals surface area (Å²) in [5, 5.41) is 12.7. The van der Waals surface area contributed by atoms with Crippen LogP contribution in [0.1, 0.15) is 58.5 Å². The Morgan fingerprint density at radius 2 is 1.85 bits per heavy atom. The molecule has 11 heteroatoms. The zero-order valence-corrected chi connectivity index (χ0v) is 22.0. The molecule has 7 nitrogen and oxygen atoms in total. The Bertz CT molecular complexity index is 1490. The molecule has 2 aromatic carbocycles. The quantitative estimate of drug-likeness (QED) is 0.445. The van der Waals surface area contributed by atoms with Gasteiger partial charge in [-0.05, 0) is 72.5 Å². The van der Waals surface area contributed by atoms with Crippen molar-refractivity contribution >= 4 is 21.4 Å². The number of aromatic nitrogens is 1. The van der Waals surface area contributed by atoms with E-state index < -0.39 is 40.1 Å². The lowest BCUT2D eigenvalue weighted by Crippen LogP contribution is -2.38. The lowest BCUT2D eigenvalue weighted by atomic mass is 9.85. The molecule has 206 valence electrons. The number of amides is 1. The number of fused-ring (bicyclic) bond motifs is 2. The van der Waals surface area contributed by atoms with Crippen LogP contribution in [0.25, 0.3) is 0 Å². The third-order valence-corrected chi connectivity index (χ3v) is 9.27. The SMILES string of the molecule is CCS(=O)(=O)c1ccc([C@H](CO)NC(=O)c2ccc3c(c2)CN(c2ccc(C(F)(F)F)cc2)CC32CC2)nc1. The molecule has 1 aliphatic carbocycles. The fourth-order valence-electron chi connectivity index (χ4n) is 5.12. The molecule has 39 heavy (non-hydrogen) atoms. The van der Waals surface area contributed by atoms with E-state index in [1.165, 1.54) is 37.4 Å². The maximum absolute atomic E-state index is 13.1. The maximum Gasteiger partial charge on any atom is 0.416 e. The van der Waals surface area contributed by atoms with Crippen molar-refractivity contribution in [3.05, 3.63) is 88.7 Å². The van der Waals surface area contributed by atoms with Crippen LogP contribution in [0.2, 0.25) is 0 Å². The first-order valence-electron chi connectivity index (χ1n) is 12.6. The Balaban J connectivity index is 1.35. The highest BCUT2D eigenvalue weighted by atomic mass is 32.2. The molecule has 2 N–H and O–H groups in total. The summed E-state index contributed by atoms with van der Waals surface area (Å²) in [4.78, 5) is 19.4. The Labute approximate surface area is 224 Å². The Morgan fingerprint density at radius 3 is 2.41 bits per heavy atom. The van der Waals surface area contributed by atoms with Gasteiger partial charge in [0.2, 0.25) is 0 Å². The van der Waals surface area contributed by atoms with Gasteiger partial charge in [0, 0.05) is 36.0 Å². The van der Waals surface area contributed by atoms with Gasteiger partial charge in [-0.15, -0.1) is 0 Å². The zero-order chi connectivity index (χ0) is 28.0. The number of benzene rings is 2. The largest absolute Gasteiger partial charge is 0.416 e. The van der Waals surface area contributed by atoms with Gasteiger partial charge in [0.15, 0.2) is 9.84 Å². The molecule has 1 spiro atoms. The lowest BCUT2D eigenvalue weighted by molar-refractivity contribution is -0.137. The average molecular weight is 560 g/mol. The van der Waals surface area contributed by atoms with Crippen LogP contribution < -0.4 is 10.2 Å². The first-order valence-corrected chi connectivity index (χ1v) is 14.3. The second-order valence-electron chi connectivity index (χ2n) is 10.1. The minimum atomic E-state index is -4.40. The molecule has 1 fully saturated rings. The number of aliphatic hydroxyl groups excluding tert-OH is 1. The van der Waals surface area contributed by atoms with Crippen LogP contribution in [0.3, 0.4) is 0 Å². The molecule has 1 saturated carbocycles. The Hall–Kier alpha value is -3.44. The molecule has 5 rings (SSSR count). The first kappa shape index (κ1) is 27.1. The van der Waals surface area contributed by atoms with Crippen molar-refractivity contribution < 1.29 is 31.5 Å². The van der Waals surface area contributed by atoms with Gasteiger partial charge in [0.1, 0.15) is 0 Å². The van der Waals surface area contributed by atoms with E-state index in [0.717, 1.165) is 36.1 Å². The van der Waals surface area contributed by atoms with E-state index in [2.05, 4.69) is 10.3 Å². The van der Waals surface area contributed by atoms with Crippen LogP contribution in [0.4, 0.5) is 18.9 Å². The number of hydrogen-bond donors (Lipinski definition) is 2. The molecule has 1 aliphatic heterocycles. The highest BCUT2D eigenvalue weighted by molar-refractivity contribution is 7.91. The molecule has 1 atom stereocenters. The van der Waals surface area contributed by atoms with E-state index in [4.69, 9.17) is 0 Å². The second kappa shape index (κ2) is 9.95. The third kappa shape index (κ3) is 5.38. The second-order valence-corrected chi connectivity index (χ2v) is 12.4. The monoisotopic (exact) mass is 559 g/mol. The van der Waals surface area contributed by atoms with Crippen molar-refractivity contribution in [2.45, 2.75) is 48.8 Å². The van der Waals surface area contributed by atoms with E-state index in [9.17, 15) is 31.5 Å². The maximum atomic E-state index is 13.1. The molecular formula is C28H28F3N3O4S. The topological polar surface area (TPSA) is 99.6 Å². The fourth-order valence-corrected chi connectivity index (χ4v) is 5.94. The predicted molar refractivity (Wildman–Crippen MR) is 139 cm³/mol. The molecule has 1 aromatic heterocycles. The summed E-state index contributed by atoms with van der Waals surface area (Å²) < 4.78 is 63.1. The Kier molecular flexibility index (Phi) is 6.92. The number of anilines is 1. The van der Waals surface area contributed by atoms with E-state index >= 15 is 0 Å². The highest BCUT2D eigenvalue weighted by Crippen LogP contribution is 2.53. The molecule has 2 aliphatic rings. The normalized spacial score (nSPS) is 17.0. The number of nitrogens with one attached hydrogen (secondary N) is 1. The molecule has 0 radical (unpaired) electrons. The third-order valence-electron chi connectivity index (χ3n) is 7.55. The van der Waals surface area contributed by atoms with Crippen LogP contribution in [-0.4, -0.2) is 43.3 Å². The summed E-state index contributed by atoms with van der Waals surface area (Å²) in [5.41, 5.74) is 2.69. The van der Waals surface area contributed by atoms with Crippen LogP contribution in [0.5, 0.6) is 0 Å². The number of rotatable bonds is 7. The number of hydrogen-bond acceptors (Lipinski definition) is 6. The standard InChI is InChI=1S/C28H28F3N3O4S/c1-2-39(37,38)22-8-10-24(32-14-22)25(16-35)33-26(36)18-3-9-23-19(13-18)15-34(17-27(23)11-12-27)21-6-4-20(5-7-21)28(29,30)31/h3-10,13-14,25,35H,2,11-12,15-17H2,1H3,(H,33,36)/t25-/m0/s1. The summed E-state index contributed by atoms with van der Waals surface area (Å²) in [6.45, 7) is 2.24. The molecule has 3 aromatic rings. The van der Waals surface area contributed by atoms with Crippen LogP contribution >= 0.6 is 0 Å². The summed E-state index contributed by atoms with van der Waals surface area (Å²) >= 11 is 0. The lowest BCUT2D eigenvalue weighted by Gasteiger charge is -2.37. The van der Waals surface area contributed by atoms with Gasteiger partial charge >= 0.3 is 6.18 Å². The number of halogens is 3. The molecule has 1 amide bonds. The predicted octanol–water partition coefficient (Wildman–Crippen LogP) is 4.41. The first-order chi connectivity index (χ1) is 18.5. The van der Waals surface area contributed by atoms with Gasteiger partial charge in [-0.25, -0.2) is 8.42 Å². The summed E-state index contributed by atoms with van der Waals surface area (Å²) in [6.07, 6.45) is -1.26. The number of carbonyl (C=O) groups is 1. The minimum Gasteiger partial charge on any atom is -0.394 e. The molecular weight excluding hydrogens is 531 g/mol. The average Bonchev–Trinajstić information content (AvgIpc) is 3.70. The van der Waals surface area contributed by atoms with Crippen molar-refractivity contribution in [1.29, 1.82) is 0 Å². The molecule has 2 heterocycles. The minimum absolute atomic E-state index is 0.0654. The van der Waals surface area contributed by atoms with Crippen molar-refractivity contribution in [3.8, 4) is 0 Å². The van der Waals surface area contributed by atoms with Crippen molar-refractivity contribution in [3.63, 3.8) is 0 Å². The summed E-state index contributed by atoms with van der Waals surface area (Å²) in [5.74, 6) is -0.496. The van der Waals surface area contributed by atoms with Gasteiger partial charge in [-0.3, -0.25) is 9.78 Å². The summed E-state index contributed by atoms with van der Waals surface area (Å²) in [6, 6.07) is 12.6. The van der Waals surface area contributed by atoms with Crippen LogP contribution in [0, 0.1) is 0 Å².